The predicted molar refractivity (Wildman–Crippen MR) is 85.7 cm³/mol. The van der Waals surface area contributed by atoms with Gasteiger partial charge in [-0.05, 0) is 56.6 Å². The topological polar surface area (TPSA) is 15.3 Å². The van der Waals surface area contributed by atoms with Crippen molar-refractivity contribution in [1.82, 2.24) is 10.2 Å². The Labute approximate surface area is 140 Å². The molecule has 126 valence electrons. The quantitative estimate of drug-likeness (QED) is 0.865. The number of alkyl halides is 3. The van der Waals surface area contributed by atoms with Crippen LogP contribution in [0, 0.1) is 5.92 Å². The van der Waals surface area contributed by atoms with E-state index in [0.29, 0.717) is 11.6 Å². The molecule has 2 nitrogen and oxygen atoms in total. The fourth-order valence-electron chi connectivity index (χ4n) is 2.93. The van der Waals surface area contributed by atoms with Crippen LogP contribution in [-0.4, -0.2) is 37.8 Å². The maximum atomic E-state index is 13.4. The molecule has 0 amide bonds. The normalized spacial score (nSPS) is 20.5. The second kappa shape index (κ2) is 8.39. The lowest BCUT2D eigenvalue weighted by atomic mass is 9.97. The average Bonchev–Trinajstić information content (AvgIpc) is 2.41. The fourth-order valence-corrected chi connectivity index (χ4v) is 3.06. The standard InChI is InChI=1S/C15H20ClF3N2.ClH/c1-21(10-11-3-2-8-20-9-11)14(15(17,18)19)12-4-6-13(16)7-5-12;/h4-7,11,14,20H,2-3,8-10H2,1H3;1H. The Kier molecular flexibility index (Phi) is 7.46. The van der Waals surface area contributed by atoms with Gasteiger partial charge in [0.05, 0.1) is 0 Å². The van der Waals surface area contributed by atoms with Crippen LogP contribution in [0.5, 0.6) is 0 Å². The zero-order valence-corrected chi connectivity index (χ0v) is 13.9. The van der Waals surface area contributed by atoms with Crippen molar-refractivity contribution in [3.8, 4) is 0 Å². The van der Waals surface area contributed by atoms with Crippen molar-refractivity contribution >= 4 is 24.0 Å². The Morgan fingerprint density at radius 2 is 1.95 bits per heavy atom. The van der Waals surface area contributed by atoms with Crippen LogP contribution < -0.4 is 5.32 Å². The third kappa shape index (κ3) is 5.30. The zero-order valence-electron chi connectivity index (χ0n) is 12.4. The van der Waals surface area contributed by atoms with E-state index >= 15 is 0 Å². The Morgan fingerprint density at radius 1 is 1.32 bits per heavy atom. The molecule has 1 fully saturated rings. The summed E-state index contributed by atoms with van der Waals surface area (Å²) >= 11 is 5.76. The highest BCUT2D eigenvalue weighted by Gasteiger charge is 2.43. The molecule has 0 bridgehead atoms. The van der Waals surface area contributed by atoms with Crippen LogP contribution in [0.3, 0.4) is 0 Å². The molecule has 1 aromatic rings. The molecule has 1 aromatic carbocycles. The Bertz CT molecular complexity index is 445. The number of benzene rings is 1. The van der Waals surface area contributed by atoms with E-state index in [-0.39, 0.29) is 23.9 Å². The number of nitrogens with one attached hydrogen (secondary N) is 1. The molecular formula is C15H21Cl2F3N2. The molecule has 7 heteroatoms. The van der Waals surface area contributed by atoms with Crippen LogP contribution in [0.25, 0.3) is 0 Å². The van der Waals surface area contributed by atoms with Gasteiger partial charge in [-0.15, -0.1) is 12.4 Å². The van der Waals surface area contributed by atoms with Crippen LogP contribution in [0.2, 0.25) is 5.02 Å². The van der Waals surface area contributed by atoms with E-state index in [2.05, 4.69) is 5.32 Å². The molecule has 1 N–H and O–H groups in total. The van der Waals surface area contributed by atoms with Gasteiger partial charge in [0.2, 0.25) is 0 Å². The van der Waals surface area contributed by atoms with Crippen LogP contribution in [0.1, 0.15) is 24.4 Å². The van der Waals surface area contributed by atoms with Crippen LogP contribution >= 0.6 is 24.0 Å². The van der Waals surface area contributed by atoms with Crippen molar-refractivity contribution in [2.24, 2.45) is 5.92 Å². The van der Waals surface area contributed by atoms with Crippen LogP contribution in [0.15, 0.2) is 24.3 Å². The third-order valence-corrected chi connectivity index (χ3v) is 4.13. The van der Waals surface area contributed by atoms with E-state index in [1.54, 1.807) is 7.05 Å². The summed E-state index contributed by atoms with van der Waals surface area (Å²) in [5.41, 5.74) is 0.234. The minimum atomic E-state index is -4.30. The van der Waals surface area contributed by atoms with Crippen molar-refractivity contribution in [3.05, 3.63) is 34.9 Å². The molecule has 1 aliphatic rings. The number of nitrogens with zero attached hydrogens (tertiary/aromatic N) is 1. The summed E-state index contributed by atoms with van der Waals surface area (Å²) in [5.74, 6) is 0.265. The second-order valence-electron chi connectivity index (χ2n) is 5.65. The Hall–Kier alpha value is -0.490. The molecule has 1 aliphatic heterocycles. The Balaban J connectivity index is 0.00000242. The Morgan fingerprint density at radius 3 is 2.45 bits per heavy atom. The zero-order chi connectivity index (χ0) is 15.5. The number of hydrogen-bond donors (Lipinski definition) is 1. The summed E-state index contributed by atoms with van der Waals surface area (Å²) in [5, 5.41) is 3.68. The van der Waals surface area contributed by atoms with Gasteiger partial charge in [-0.2, -0.15) is 13.2 Å². The number of piperidine rings is 1. The number of halogens is 5. The summed E-state index contributed by atoms with van der Waals surface area (Å²) in [6.45, 7) is 2.18. The van der Waals surface area contributed by atoms with Crippen LogP contribution in [0.4, 0.5) is 13.2 Å². The predicted octanol–water partition coefficient (Wildman–Crippen LogP) is 4.30. The highest BCUT2D eigenvalue weighted by Crippen LogP contribution is 2.37. The van der Waals surface area contributed by atoms with Gasteiger partial charge in [0, 0.05) is 11.6 Å². The van der Waals surface area contributed by atoms with E-state index in [4.69, 9.17) is 11.6 Å². The van der Waals surface area contributed by atoms with Gasteiger partial charge in [0.25, 0.3) is 0 Å². The van der Waals surface area contributed by atoms with E-state index in [1.807, 2.05) is 0 Å². The molecule has 2 atom stereocenters. The van der Waals surface area contributed by atoms with Crippen molar-refractivity contribution in [3.63, 3.8) is 0 Å². The van der Waals surface area contributed by atoms with Gasteiger partial charge in [-0.3, -0.25) is 4.90 Å². The monoisotopic (exact) mass is 356 g/mol. The van der Waals surface area contributed by atoms with Crippen molar-refractivity contribution in [1.29, 1.82) is 0 Å². The van der Waals surface area contributed by atoms with Crippen molar-refractivity contribution in [2.45, 2.75) is 25.1 Å². The van der Waals surface area contributed by atoms with E-state index < -0.39 is 12.2 Å². The number of rotatable bonds is 4. The molecule has 22 heavy (non-hydrogen) atoms. The lowest BCUT2D eigenvalue weighted by Gasteiger charge is -2.34. The summed E-state index contributed by atoms with van der Waals surface area (Å²) < 4.78 is 40.3. The minimum Gasteiger partial charge on any atom is -0.316 e. The molecule has 0 radical (unpaired) electrons. The molecule has 0 aliphatic carbocycles. The van der Waals surface area contributed by atoms with Gasteiger partial charge in [-0.25, -0.2) is 0 Å². The van der Waals surface area contributed by atoms with Crippen LogP contribution in [-0.2, 0) is 0 Å². The van der Waals surface area contributed by atoms with Gasteiger partial charge in [0.1, 0.15) is 6.04 Å². The summed E-state index contributed by atoms with van der Waals surface area (Å²) in [6, 6.07) is 4.33. The summed E-state index contributed by atoms with van der Waals surface area (Å²) in [4.78, 5) is 1.40. The number of hydrogen-bond acceptors (Lipinski definition) is 2. The maximum absolute atomic E-state index is 13.4. The first kappa shape index (κ1) is 19.6. The van der Waals surface area contributed by atoms with Crippen molar-refractivity contribution in [2.75, 3.05) is 26.7 Å². The second-order valence-corrected chi connectivity index (χ2v) is 6.08. The maximum Gasteiger partial charge on any atom is 0.408 e. The SMILES string of the molecule is CN(CC1CCCNC1)C(c1ccc(Cl)cc1)C(F)(F)F.Cl. The molecule has 1 heterocycles. The minimum absolute atomic E-state index is 0. The first-order valence-electron chi connectivity index (χ1n) is 7.11. The van der Waals surface area contributed by atoms with Gasteiger partial charge >= 0.3 is 6.18 Å². The summed E-state index contributed by atoms with van der Waals surface area (Å²) in [7, 11) is 1.54. The lowest BCUT2D eigenvalue weighted by molar-refractivity contribution is -0.184. The van der Waals surface area contributed by atoms with E-state index in [1.165, 1.54) is 29.2 Å². The largest absolute Gasteiger partial charge is 0.408 e. The molecule has 1 saturated heterocycles. The lowest BCUT2D eigenvalue weighted by Crippen LogP contribution is -2.42. The first-order chi connectivity index (χ1) is 9.88. The molecular weight excluding hydrogens is 336 g/mol. The molecule has 2 unspecified atom stereocenters. The highest BCUT2D eigenvalue weighted by atomic mass is 35.5. The molecule has 0 aromatic heterocycles. The summed E-state index contributed by atoms with van der Waals surface area (Å²) in [6.07, 6.45) is -2.30. The fraction of sp³-hybridized carbons (Fsp3) is 0.600. The average molecular weight is 357 g/mol. The van der Waals surface area contributed by atoms with Gasteiger partial charge in [-0.1, -0.05) is 23.7 Å². The van der Waals surface area contributed by atoms with E-state index in [0.717, 1.165) is 25.9 Å². The highest BCUT2D eigenvalue weighted by molar-refractivity contribution is 6.30. The van der Waals surface area contributed by atoms with Crippen molar-refractivity contribution < 1.29 is 13.2 Å². The third-order valence-electron chi connectivity index (χ3n) is 3.88. The first-order valence-corrected chi connectivity index (χ1v) is 7.49. The molecule has 2 rings (SSSR count). The van der Waals surface area contributed by atoms with Gasteiger partial charge in [0.15, 0.2) is 0 Å². The molecule has 0 saturated carbocycles. The van der Waals surface area contributed by atoms with E-state index in [9.17, 15) is 13.2 Å². The smallest absolute Gasteiger partial charge is 0.316 e. The molecule has 0 spiro atoms. The van der Waals surface area contributed by atoms with Gasteiger partial charge < -0.3 is 5.32 Å².